The maximum Gasteiger partial charge on any atom is 0.141 e. The van der Waals surface area contributed by atoms with Crippen molar-refractivity contribution in [3.8, 4) is 16.9 Å². The molecule has 3 nitrogen and oxygen atoms in total. The smallest absolute Gasteiger partial charge is 0.141 e. The molecule has 0 aliphatic heterocycles. The predicted molar refractivity (Wildman–Crippen MR) is 83.1 cm³/mol. The first kappa shape index (κ1) is 13.6. The van der Waals surface area contributed by atoms with Crippen molar-refractivity contribution in [2.75, 3.05) is 5.73 Å². The topological polar surface area (TPSA) is 43.8 Å². The molecule has 0 aliphatic carbocycles. The highest BCUT2D eigenvalue weighted by Crippen LogP contribution is 2.26. The highest BCUT2D eigenvalue weighted by molar-refractivity contribution is 6.30. The van der Waals surface area contributed by atoms with E-state index in [-0.39, 0.29) is 5.02 Å². The SMILES string of the molecule is Cc1ccccc1-c1cc(N)n(-c2ccc(F)c(Cl)c2)n1. The normalized spacial score (nSPS) is 10.8. The van der Waals surface area contributed by atoms with Crippen LogP contribution in [0.4, 0.5) is 10.2 Å². The molecule has 0 amide bonds. The third-order valence-corrected chi connectivity index (χ3v) is 3.60. The van der Waals surface area contributed by atoms with Crippen LogP contribution in [0.2, 0.25) is 5.02 Å². The summed E-state index contributed by atoms with van der Waals surface area (Å²) >= 11 is 5.81. The van der Waals surface area contributed by atoms with Gasteiger partial charge < -0.3 is 5.73 Å². The maximum atomic E-state index is 13.2. The summed E-state index contributed by atoms with van der Waals surface area (Å²) in [5.74, 6) is 0.00111. The van der Waals surface area contributed by atoms with Gasteiger partial charge in [0.15, 0.2) is 0 Å². The Balaban J connectivity index is 2.10. The van der Waals surface area contributed by atoms with Crippen LogP contribution in [0.15, 0.2) is 48.5 Å². The van der Waals surface area contributed by atoms with Crippen molar-refractivity contribution in [3.05, 3.63) is 64.9 Å². The van der Waals surface area contributed by atoms with Crippen LogP contribution in [0.25, 0.3) is 16.9 Å². The second kappa shape index (κ2) is 5.22. The van der Waals surface area contributed by atoms with Crippen LogP contribution in [-0.4, -0.2) is 9.78 Å². The van der Waals surface area contributed by atoms with Crippen molar-refractivity contribution < 1.29 is 4.39 Å². The highest BCUT2D eigenvalue weighted by Gasteiger charge is 2.11. The number of aromatic nitrogens is 2. The molecule has 0 unspecified atom stereocenters. The van der Waals surface area contributed by atoms with Gasteiger partial charge in [-0.25, -0.2) is 9.07 Å². The minimum Gasteiger partial charge on any atom is -0.384 e. The Kier molecular flexibility index (Phi) is 3.39. The van der Waals surface area contributed by atoms with Gasteiger partial charge in [0, 0.05) is 11.6 Å². The summed E-state index contributed by atoms with van der Waals surface area (Å²) in [4.78, 5) is 0. The summed E-state index contributed by atoms with van der Waals surface area (Å²) in [6.45, 7) is 2.01. The molecule has 1 heterocycles. The molecule has 1 aromatic heterocycles. The molecule has 106 valence electrons. The fourth-order valence-corrected chi connectivity index (χ4v) is 2.39. The molecule has 5 heteroatoms. The first-order valence-electron chi connectivity index (χ1n) is 6.43. The summed E-state index contributed by atoms with van der Waals surface area (Å²) in [6, 6.07) is 14.1. The average molecular weight is 302 g/mol. The Morgan fingerprint density at radius 1 is 1.14 bits per heavy atom. The lowest BCUT2D eigenvalue weighted by Gasteiger charge is -2.05. The van der Waals surface area contributed by atoms with E-state index < -0.39 is 5.82 Å². The van der Waals surface area contributed by atoms with Crippen LogP contribution in [-0.2, 0) is 0 Å². The van der Waals surface area contributed by atoms with Gasteiger partial charge in [0.1, 0.15) is 11.6 Å². The number of nitrogens with two attached hydrogens (primary N) is 1. The van der Waals surface area contributed by atoms with Gasteiger partial charge in [-0.2, -0.15) is 5.10 Å². The maximum absolute atomic E-state index is 13.2. The first-order valence-corrected chi connectivity index (χ1v) is 6.81. The molecule has 0 radical (unpaired) electrons. The van der Waals surface area contributed by atoms with E-state index in [4.69, 9.17) is 17.3 Å². The lowest BCUT2D eigenvalue weighted by Crippen LogP contribution is -2.02. The van der Waals surface area contributed by atoms with E-state index in [0.29, 0.717) is 11.5 Å². The highest BCUT2D eigenvalue weighted by atomic mass is 35.5. The molecule has 0 saturated heterocycles. The number of anilines is 1. The van der Waals surface area contributed by atoms with Crippen molar-refractivity contribution in [2.24, 2.45) is 0 Å². The Bertz CT molecular complexity index is 811. The number of hydrogen-bond donors (Lipinski definition) is 1. The second-order valence-electron chi connectivity index (χ2n) is 4.78. The Morgan fingerprint density at radius 2 is 1.90 bits per heavy atom. The van der Waals surface area contributed by atoms with E-state index in [1.54, 1.807) is 16.8 Å². The van der Waals surface area contributed by atoms with E-state index in [9.17, 15) is 4.39 Å². The quantitative estimate of drug-likeness (QED) is 0.770. The molecule has 21 heavy (non-hydrogen) atoms. The number of hydrogen-bond acceptors (Lipinski definition) is 2. The van der Waals surface area contributed by atoms with Gasteiger partial charge in [-0.1, -0.05) is 35.9 Å². The largest absolute Gasteiger partial charge is 0.384 e. The lowest BCUT2D eigenvalue weighted by atomic mass is 10.1. The Hall–Kier alpha value is -2.33. The monoisotopic (exact) mass is 301 g/mol. The van der Waals surface area contributed by atoms with Gasteiger partial charge in [-0.15, -0.1) is 0 Å². The number of rotatable bonds is 2. The molecule has 0 atom stereocenters. The molecule has 3 aromatic rings. The molecular weight excluding hydrogens is 289 g/mol. The summed E-state index contributed by atoms with van der Waals surface area (Å²) in [7, 11) is 0. The van der Waals surface area contributed by atoms with Crippen LogP contribution in [0.3, 0.4) is 0 Å². The number of nitrogens with zero attached hydrogens (tertiary/aromatic N) is 2. The first-order chi connectivity index (χ1) is 10.1. The minimum atomic E-state index is -0.467. The molecule has 2 N–H and O–H groups in total. The Morgan fingerprint density at radius 3 is 2.62 bits per heavy atom. The molecule has 3 rings (SSSR count). The minimum absolute atomic E-state index is 0.0415. The number of aryl methyl sites for hydroxylation is 1. The van der Waals surface area contributed by atoms with Crippen molar-refractivity contribution in [1.29, 1.82) is 0 Å². The molecular formula is C16H13ClFN3. The standard InChI is InChI=1S/C16H13ClFN3/c1-10-4-2-3-5-12(10)15-9-16(19)21(20-15)11-6-7-14(18)13(17)8-11/h2-9H,19H2,1H3. The van der Waals surface area contributed by atoms with E-state index >= 15 is 0 Å². The molecule has 0 saturated carbocycles. The summed E-state index contributed by atoms with van der Waals surface area (Å²) in [5, 5.41) is 4.53. The van der Waals surface area contributed by atoms with Crippen LogP contribution >= 0.6 is 11.6 Å². The number of nitrogen functional groups attached to an aromatic ring is 1. The fraction of sp³-hybridized carbons (Fsp3) is 0.0625. The van der Waals surface area contributed by atoms with Crippen molar-refractivity contribution in [3.63, 3.8) is 0 Å². The van der Waals surface area contributed by atoms with Crippen LogP contribution in [0.5, 0.6) is 0 Å². The zero-order valence-corrected chi connectivity index (χ0v) is 12.1. The van der Waals surface area contributed by atoms with Crippen LogP contribution < -0.4 is 5.73 Å². The van der Waals surface area contributed by atoms with E-state index in [1.807, 2.05) is 31.2 Å². The lowest BCUT2D eigenvalue weighted by molar-refractivity contribution is 0.627. The van der Waals surface area contributed by atoms with Crippen molar-refractivity contribution in [1.82, 2.24) is 9.78 Å². The van der Waals surface area contributed by atoms with E-state index in [1.165, 1.54) is 12.1 Å². The fourth-order valence-electron chi connectivity index (χ4n) is 2.21. The zero-order chi connectivity index (χ0) is 15.0. The number of benzene rings is 2. The van der Waals surface area contributed by atoms with Crippen molar-refractivity contribution >= 4 is 17.4 Å². The molecule has 0 bridgehead atoms. The van der Waals surface area contributed by atoms with Gasteiger partial charge >= 0.3 is 0 Å². The third kappa shape index (κ3) is 2.50. The molecule has 0 spiro atoms. The third-order valence-electron chi connectivity index (χ3n) is 3.31. The van der Waals surface area contributed by atoms with Crippen LogP contribution in [0.1, 0.15) is 5.56 Å². The molecule has 2 aromatic carbocycles. The Labute approximate surface area is 126 Å². The van der Waals surface area contributed by atoms with E-state index in [0.717, 1.165) is 16.8 Å². The van der Waals surface area contributed by atoms with E-state index in [2.05, 4.69) is 5.10 Å². The van der Waals surface area contributed by atoms with Gasteiger partial charge in [-0.3, -0.25) is 0 Å². The summed E-state index contributed by atoms with van der Waals surface area (Å²) in [5.41, 5.74) is 9.53. The second-order valence-corrected chi connectivity index (χ2v) is 5.19. The van der Waals surface area contributed by atoms with Crippen molar-refractivity contribution in [2.45, 2.75) is 6.92 Å². The van der Waals surface area contributed by atoms with Gasteiger partial charge in [0.25, 0.3) is 0 Å². The molecule has 0 aliphatic rings. The predicted octanol–water partition coefficient (Wildman–Crippen LogP) is 4.22. The summed E-state index contributed by atoms with van der Waals surface area (Å²) < 4.78 is 14.8. The molecule has 0 fully saturated rings. The summed E-state index contributed by atoms with van der Waals surface area (Å²) in [6.07, 6.45) is 0. The van der Waals surface area contributed by atoms with Gasteiger partial charge in [0.05, 0.1) is 16.4 Å². The van der Waals surface area contributed by atoms with Crippen LogP contribution in [0, 0.1) is 12.7 Å². The zero-order valence-electron chi connectivity index (χ0n) is 11.3. The average Bonchev–Trinajstić information content (AvgIpc) is 2.84. The van der Waals surface area contributed by atoms with Gasteiger partial charge in [0.2, 0.25) is 0 Å². The van der Waals surface area contributed by atoms with Gasteiger partial charge in [-0.05, 0) is 30.7 Å². The number of halogens is 2.